The summed E-state index contributed by atoms with van der Waals surface area (Å²) < 4.78 is 22.9. The summed E-state index contributed by atoms with van der Waals surface area (Å²) in [6.07, 6.45) is 5.33. The molecule has 5 rings (SSSR count). The van der Waals surface area contributed by atoms with Crippen molar-refractivity contribution >= 4 is 17.5 Å². The number of nitrogens with one attached hydrogen (secondary N) is 2. The third-order valence-corrected chi connectivity index (χ3v) is 7.47. The number of hydrogen-bond donors (Lipinski definition) is 3. The lowest BCUT2D eigenvalue weighted by Crippen LogP contribution is -2.55. The second-order valence-electron chi connectivity index (χ2n) is 11.6. The minimum absolute atomic E-state index is 0.0326. The number of tetrazole rings is 1. The molecule has 0 unspecified atom stereocenters. The van der Waals surface area contributed by atoms with Gasteiger partial charge >= 0.3 is 5.69 Å². The fourth-order valence-corrected chi connectivity index (χ4v) is 5.61. The number of fused-ring (bicyclic) bond motifs is 1. The molecule has 2 saturated heterocycles. The maximum absolute atomic E-state index is 14.8. The number of halogens is 1. The lowest BCUT2D eigenvalue weighted by molar-refractivity contribution is 0.0411. The van der Waals surface area contributed by atoms with Gasteiger partial charge in [0.05, 0.1) is 12.8 Å². The van der Waals surface area contributed by atoms with Gasteiger partial charge in [-0.2, -0.15) is 14.3 Å². The van der Waals surface area contributed by atoms with Crippen molar-refractivity contribution in [3.8, 4) is 11.4 Å². The van der Waals surface area contributed by atoms with E-state index in [9.17, 15) is 14.3 Å². The van der Waals surface area contributed by atoms with E-state index in [-0.39, 0.29) is 30.0 Å². The minimum atomic E-state index is -0.903. The number of aromatic nitrogens is 6. The Morgan fingerprint density at radius 1 is 1.28 bits per heavy atom. The Morgan fingerprint density at radius 3 is 2.79 bits per heavy atom. The molecule has 1 aromatic carbocycles. The number of nitrogens with zero attached hydrogens (tertiary/aromatic N) is 7. The van der Waals surface area contributed by atoms with Gasteiger partial charge in [-0.3, -0.25) is 4.90 Å². The highest BCUT2D eigenvalue weighted by Gasteiger charge is 2.43. The van der Waals surface area contributed by atoms with Crippen LogP contribution in [-0.2, 0) is 7.05 Å². The first-order valence-corrected chi connectivity index (χ1v) is 13.2. The zero-order chi connectivity index (χ0) is 27.9. The first-order valence-electron chi connectivity index (χ1n) is 13.2. The summed E-state index contributed by atoms with van der Waals surface area (Å²) in [7, 11) is 1.49. The van der Waals surface area contributed by atoms with E-state index in [0.717, 1.165) is 41.4 Å². The molecular formula is C26H36FN9O3. The molecule has 3 N–H and O–H groups in total. The van der Waals surface area contributed by atoms with Crippen LogP contribution in [0.1, 0.15) is 53.4 Å². The second kappa shape index (κ2) is 10.2. The normalized spacial score (nSPS) is 21.0. The largest absolute Gasteiger partial charge is 0.483 e. The average molecular weight is 542 g/mol. The molecule has 0 spiro atoms. The summed E-state index contributed by atoms with van der Waals surface area (Å²) in [5.74, 6) is 0.146. The molecule has 4 heterocycles. The van der Waals surface area contributed by atoms with Gasteiger partial charge in [0.15, 0.2) is 11.6 Å². The number of rotatable bonds is 8. The fourth-order valence-electron chi connectivity index (χ4n) is 5.61. The van der Waals surface area contributed by atoms with Crippen molar-refractivity contribution in [3.05, 3.63) is 40.7 Å². The van der Waals surface area contributed by atoms with Gasteiger partial charge in [-0.1, -0.05) is 0 Å². The highest BCUT2D eigenvalue weighted by Crippen LogP contribution is 2.38. The first-order chi connectivity index (χ1) is 18.5. The van der Waals surface area contributed by atoms with E-state index in [1.807, 2.05) is 0 Å². The van der Waals surface area contributed by atoms with E-state index in [1.165, 1.54) is 13.5 Å². The molecule has 2 aliphatic heterocycles. The maximum atomic E-state index is 14.8. The molecule has 0 bridgehead atoms. The molecule has 12 nitrogen and oxygen atoms in total. The van der Waals surface area contributed by atoms with Crippen LogP contribution < -0.4 is 21.1 Å². The van der Waals surface area contributed by atoms with Crippen molar-refractivity contribution < 1.29 is 14.2 Å². The minimum Gasteiger partial charge on any atom is -0.483 e. The standard InChI is InChI=1S/C26H36FN9O3/c1-25(2)13-17(11-18-7-6-10-35(18)25)29-22-19(27)14-28-23(31-22)30-16-8-9-21(39-26(3,4)15-37)20(12-16)36-24(38)34(5)32-33-36/h8-9,12,14,17-18,37H,6-7,10-11,13,15H2,1-5H3,(H2,28,29,30,31)/t17-,18-/m1/s1. The van der Waals surface area contributed by atoms with Crippen LogP contribution in [0.3, 0.4) is 0 Å². The van der Waals surface area contributed by atoms with Crippen LogP contribution in [0.4, 0.5) is 21.8 Å². The van der Waals surface area contributed by atoms with Crippen molar-refractivity contribution in [1.29, 1.82) is 0 Å². The van der Waals surface area contributed by atoms with Gasteiger partial charge in [0, 0.05) is 30.4 Å². The Bertz CT molecular complexity index is 1400. The molecule has 2 atom stereocenters. The number of piperidine rings is 1. The first kappa shape index (κ1) is 27.0. The zero-order valence-electron chi connectivity index (χ0n) is 23.0. The molecule has 39 heavy (non-hydrogen) atoms. The summed E-state index contributed by atoms with van der Waals surface area (Å²) in [6.45, 7) is 8.82. The maximum Gasteiger partial charge on any atom is 0.368 e. The number of hydrogen-bond acceptors (Lipinski definition) is 10. The number of benzene rings is 1. The van der Waals surface area contributed by atoms with Crippen LogP contribution in [0.15, 0.2) is 29.2 Å². The molecule has 2 fully saturated rings. The molecule has 0 radical (unpaired) electrons. The highest BCUT2D eigenvalue weighted by molar-refractivity contribution is 5.62. The quantitative estimate of drug-likeness (QED) is 0.391. The number of aliphatic hydroxyl groups excluding tert-OH is 1. The van der Waals surface area contributed by atoms with Crippen LogP contribution in [-0.4, -0.2) is 76.1 Å². The van der Waals surface area contributed by atoms with E-state index in [1.54, 1.807) is 32.0 Å². The van der Waals surface area contributed by atoms with Gasteiger partial charge in [0.2, 0.25) is 5.95 Å². The Labute approximate surface area is 226 Å². The summed E-state index contributed by atoms with van der Waals surface area (Å²) in [6, 6.07) is 5.59. The van der Waals surface area contributed by atoms with Crippen LogP contribution >= 0.6 is 0 Å². The van der Waals surface area contributed by atoms with Crippen LogP contribution in [0.25, 0.3) is 5.69 Å². The topological polar surface area (TPSA) is 135 Å². The Kier molecular flexibility index (Phi) is 7.06. The smallest absolute Gasteiger partial charge is 0.368 e. The predicted octanol–water partition coefficient (Wildman–Crippen LogP) is 2.61. The van der Waals surface area contributed by atoms with Crippen molar-refractivity contribution in [2.45, 2.75) is 76.6 Å². The number of anilines is 3. The van der Waals surface area contributed by atoms with E-state index >= 15 is 0 Å². The van der Waals surface area contributed by atoms with Gasteiger partial charge in [-0.25, -0.2) is 14.2 Å². The Balaban J connectivity index is 1.40. The van der Waals surface area contributed by atoms with Crippen molar-refractivity contribution in [2.24, 2.45) is 7.05 Å². The zero-order valence-corrected chi connectivity index (χ0v) is 23.0. The highest BCUT2D eigenvalue weighted by atomic mass is 19.1. The molecule has 210 valence electrons. The van der Waals surface area contributed by atoms with Gasteiger partial charge in [-0.15, -0.1) is 0 Å². The second-order valence-corrected chi connectivity index (χ2v) is 11.6. The van der Waals surface area contributed by atoms with Crippen molar-refractivity contribution in [3.63, 3.8) is 0 Å². The van der Waals surface area contributed by atoms with E-state index < -0.39 is 17.1 Å². The van der Waals surface area contributed by atoms with E-state index in [2.05, 4.69) is 49.8 Å². The number of aryl methyl sites for hydroxylation is 1. The third kappa shape index (κ3) is 5.59. The summed E-state index contributed by atoms with van der Waals surface area (Å²) in [5.41, 5.74) is -0.510. The van der Waals surface area contributed by atoms with Crippen molar-refractivity contribution in [2.75, 3.05) is 23.8 Å². The lowest BCUT2D eigenvalue weighted by atomic mass is 9.84. The monoisotopic (exact) mass is 541 g/mol. The van der Waals surface area contributed by atoms with Crippen LogP contribution in [0, 0.1) is 5.82 Å². The molecule has 0 saturated carbocycles. The third-order valence-electron chi connectivity index (χ3n) is 7.47. The predicted molar refractivity (Wildman–Crippen MR) is 144 cm³/mol. The van der Waals surface area contributed by atoms with Gasteiger partial charge in [0.1, 0.15) is 17.0 Å². The molecular weight excluding hydrogens is 505 g/mol. The van der Waals surface area contributed by atoms with E-state index in [4.69, 9.17) is 4.74 Å². The van der Waals surface area contributed by atoms with Gasteiger partial charge in [0.25, 0.3) is 0 Å². The lowest BCUT2D eigenvalue weighted by Gasteiger charge is -2.47. The van der Waals surface area contributed by atoms with Crippen LogP contribution in [0.2, 0.25) is 0 Å². The Morgan fingerprint density at radius 2 is 2.08 bits per heavy atom. The number of aliphatic hydroxyl groups is 1. The SMILES string of the molecule is Cn1nnn(-c2cc(Nc3ncc(F)c(N[C@@H]4C[C@H]5CCCN5C(C)(C)C4)n3)ccc2OC(C)(C)CO)c1=O. The summed E-state index contributed by atoms with van der Waals surface area (Å²) in [4.78, 5) is 23.7. The summed E-state index contributed by atoms with van der Waals surface area (Å²) >= 11 is 0. The Hall–Kier alpha value is -3.58. The molecule has 13 heteroatoms. The fraction of sp³-hybridized carbons (Fsp3) is 0.577. The average Bonchev–Trinajstić information content (AvgIpc) is 3.49. The molecule has 0 aliphatic carbocycles. The molecule has 2 aromatic heterocycles. The molecule has 0 amide bonds. The molecule has 2 aliphatic rings. The van der Waals surface area contributed by atoms with Crippen LogP contribution in [0.5, 0.6) is 5.75 Å². The van der Waals surface area contributed by atoms with E-state index in [0.29, 0.717) is 23.2 Å². The van der Waals surface area contributed by atoms with Gasteiger partial charge in [-0.05, 0) is 88.5 Å². The van der Waals surface area contributed by atoms with Gasteiger partial charge < -0.3 is 20.5 Å². The number of ether oxygens (including phenoxy) is 1. The van der Waals surface area contributed by atoms with Crippen molar-refractivity contribution in [1.82, 2.24) is 34.7 Å². The molecule has 3 aromatic rings. The summed E-state index contributed by atoms with van der Waals surface area (Å²) in [5, 5.41) is 23.8.